The molecule has 0 aliphatic carbocycles. The lowest BCUT2D eigenvalue weighted by Crippen LogP contribution is -2.36. The summed E-state index contributed by atoms with van der Waals surface area (Å²) in [5, 5.41) is 0. The van der Waals surface area contributed by atoms with Crippen molar-refractivity contribution in [2.24, 2.45) is 11.7 Å². The second kappa shape index (κ2) is 6.71. The van der Waals surface area contributed by atoms with Crippen LogP contribution in [0.25, 0.3) is 0 Å². The molecule has 0 spiro atoms. The van der Waals surface area contributed by atoms with E-state index < -0.39 is 0 Å². The lowest BCUT2D eigenvalue weighted by atomic mass is 9.98. The zero-order chi connectivity index (χ0) is 13.7. The molecule has 2 N–H and O–H groups in total. The molecule has 0 aromatic heterocycles. The molecule has 1 heterocycles. The van der Waals surface area contributed by atoms with Gasteiger partial charge in [-0.3, -0.25) is 4.79 Å². The minimum absolute atomic E-state index is 0.179. The number of likely N-dealkylation sites (tertiary alicyclic amines) is 1. The van der Waals surface area contributed by atoms with Crippen LogP contribution in [-0.2, 0) is 4.79 Å². The SMILES string of the molecule is CCCC1CCN(C(=O)C(CN)c2ccccc2)C1. The molecule has 2 unspecified atom stereocenters. The standard InChI is InChI=1S/C16H24N2O/c1-2-6-13-9-10-18(12-13)16(19)15(11-17)14-7-4-3-5-8-14/h3-5,7-8,13,15H,2,6,9-12,17H2,1H3. The highest BCUT2D eigenvalue weighted by Gasteiger charge is 2.30. The van der Waals surface area contributed by atoms with Crippen LogP contribution in [0.2, 0.25) is 0 Å². The Labute approximate surface area is 115 Å². The van der Waals surface area contributed by atoms with E-state index in [9.17, 15) is 4.79 Å². The number of nitrogens with two attached hydrogens (primary N) is 1. The summed E-state index contributed by atoms with van der Waals surface area (Å²) in [5.41, 5.74) is 6.86. The summed E-state index contributed by atoms with van der Waals surface area (Å²) < 4.78 is 0. The van der Waals surface area contributed by atoms with Gasteiger partial charge in [0.25, 0.3) is 0 Å². The number of carbonyl (C=O) groups is 1. The lowest BCUT2D eigenvalue weighted by molar-refractivity contribution is -0.131. The third kappa shape index (κ3) is 3.35. The van der Waals surface area contributed by atoms with Crippen LogP contribution in [0.15, 0.2) is 30.3 Å². The first-order valence-corrected chi connectivity index (χ1v) is 7.30. The van der Waals surface area contributed by atoms with Gasteiger partial charge in [-0.25, -0.2) is 0 Å². The molecule has 3 heteroatoms. The normalized spacial score (nSPS) is 20.5. The minimum Gasteiger partial charge on any atom is -0.342 e. The summed E-state index contributed by atoms with van der Waals surface area (Å²) in [6.07, 6.45) is 3.57. The molecule has 1 amide bonds. The minimum atomic E-state index is -0.179. The molecular formula is C16H24N2O. The van der Waals surface area contributed by atoms with Gasteiger partial charge in [-0.05, 0) is 24.3 Å². The topological polar surface area (TPSA) is 46.3 Å². The van der Waals surface area contributed by atoms with E-state index in [0.29, 0.717) is 12.5 Å². The number of carbonyl (C=O) groups excluding carboxylic acids is 1. The van der Waals surface area contributed by atoms with Crippen LogP contribution >= 0.6 is 0 Å². The molecule has 3 nitrogen and oxygen atoms in total. The summed E-state index contributed by atoms with van der Waals surface area (Å²) in [4.78, 5) is 14.6. The summed E-state index contributed by atoms with van der Waals surface area (Å²) in [6.45, 7) is 4.40. The van der Waals surface area contributed by atoms with Crippen LogP contribution in [0.4, 0.5) is 0 Å². The molecule has 0 saturated carbocycles. The molecule has 2 rings (SSSR count). The third-order valence-electron chi connectivity index (χ3n) is 4.03. The summed E-state index contributed by atoms with van der Waals surface area (Å²) in [6, 6.07) is 9.89. The molecule has 19 heavy (non-hydrogen) atoms. The van der Waals surface area contributed by atoms with Gasteiger partial charge >= 0.3 is 0 Å². The van der Waals surface area contributed by atoms with E-state index in [-0.39, 0.29) is 11.8 Å². The average molecular weight is 260 g/mol. The highest BCUT2D eigenvalue weighted by atomic mass is 16.2. The number of hydrogen-bond acceptors (Lipinski definition) is 2. The second-order valence-electron chi connectivity index (χ2n) is 5.43. The van der Waals surface area contributed by atoms with Gasteiger partial charge in [-0.15, -0.1) is 0 Å². The first-order valence-electron chi connectivity index (χ1n) is 7.30. The number of hydrogen-bond donors (Lipinski definition) is 1. The molecular weight excluding hydrogens is 236 g/mol. The molecule has 2 atom stereocenters. The van der Waals surface area contributed by atoms with E-state index in [1.54, 1.807) is 0 Å². The van der Waals surface area contributed by atoms with Gasteiger partial charge in [0.15, 0.2) is 0 Å². The maximum atomic E-state index is 12.6. The first kappa shape index (κ1) is 14.1. The number of amides is 1. The van der Waals surface area contributed by atoms with Gasteiger partial charge in [-0.2, -0.15) is 0 Å². The maximum Gasteiger partial charge on any atom is 0.231 e. The van der Waals surface area contributed by atoms with Gasteiger partial charge in [0.05, 0.1) is 5.92 Å². The van der Waals surface area contributed by atoms with Crippen molar-refractivity contribution >= 4 is 5.91 Å². The smallest absolute Gasteiger partial charge is 0.231 e. The van der Waals surface area contributed by atoms with Crippen LogP contribution in [0, 0.1) is 5.92 Å². The predicted molar refractivity (Wildman–Crippen MR) is 77.8 cm³/mol. The molecule has 1 aromatic carbocycles. The molecule has 1 fully saturated rings. The van der Waals surface area contributed by atoms with E-state index in [2.05, 4.69) is 6.92 Å². The van der Waals surface area contributed by atoms with Crippen molar-refractivity contribution < 1.29 is 4.79 Å². The highest BCUT2D eigenvalue weighted by Crippen LogP contribution is 2.25. The van der Waals surface area contributed by atoms with Gasteiger partial charge < -0.3 is 10.6 Å². The quantitative estimate of drug-likeness (QED) is 0.883. The molecule has 104 valence electrons. The van der Waals surface area contributed by atoms with Crippen LogP contribution in [0.1, 0.15) is 37.7 Å². The Balaban J connectivity index is 2.02. The molecule has 0 radical (unpaired) electrons. The van der Waals surface area contributed by atoms with E-state index in [4.69, 9.17) is 5.73 Å². The second-order valence-corrected chi connectivity index (χ2v) is 5.43. The van der Waals surface area contributed by atoms with Gasteiger partial charge in [0.2, 0.25) is 5.91 Å². The Morgan fingerprint density at radius 1 is 1.42 bits per heavy atom. The molecule has 0 bridgehead atoms. The number of nitrogens with zero attached hydrogens (tertiary/aromatic N) is 1. The fraction of sp³-hybridized carbons (Fsp3) is 0.562. The van der Waals surface area contributed by atoms with Crippen molar-refractivity contribution in [2.75, 3.05) is 19.6 Å². The van der Waals surface area contributed by atoms with E-state index in [0.717, 1.165) is 25.1 Å². The van der Waals surface area contributed by atoms with Crippen molar-refractivity contribution in [3.8, 4) is 0 Å². The predicted octanol–water partition coefficient (Wildman–Crippen LogP) is 2.38. The lowest BCUT2D eigenvalue weighted by Gasteiger charge is -2.23. The zero-order valence-corrected chi connectivity index (χ0v) is 11.7. The number of rotatable bonds is 5. The van der Waals surface area contributed by atoms with Crippen LogP contribution in [0.5, 0.6) is 0 Å². The monoisotopic (exact) mass is 260 g/mol. The summed E-state index contributed by atoms with van der Waals surface area (Å²) >= 11 is 0. The summed E-state index contributed by atoms with van der Waals surface area (Å²) in [7, 11) is 0. The Hall–Kier alpha value is -1.35. The van der Waals surface area contributed by atoms with E-state index in [1.165, 1.54) is 12.8 Å². The van der Waals surface area contributed by atoms with Crippen molar-refractivity contribution in [1.82, 2.24) is 4.90 Å². The fourth-order valence-electron chi connectivity index (χ4n) is 2.96. The molecule has 1 saturated heterocycles. The first-order chi connectivity index (χ1) is 9.26. The Morgan fingerprint density at radius 2 is 2.16 bits per heavy atom. The van der Waals surface area contributed by atoms with Gasteiger partial charge in [0, 0.05) is 19.6 Å². The van der Waals surface area contributed by atoms with Crippen molar-refractivity contribution in [3.05, 3.63) is 35.9 Å². The summed E-state index contributed by atoms with van der Waals surface area (Å²) in [5.74, 6) is 0.706. The van der Waals surface area contributed by atoms with Crippen molar-refractivity contribution in [3.63, 3.8) is 0 Å². The number of benzene rings is 1. The zero-order valence-electron chi connectivity index (χ0n) is 11.7. The molecule has 1 aliphatic rings. The third-order valence-corrected chi connectivity index (χ3v) is 4.03. The molecule has 1 aromatic rings. The van der Waals surface area contributed by atoms with Crippen LogP contribution in [0.3, 0.4) is 0 Å². The molecule has 1 aliphatic heterocycles. The van der Waals surface area contributed by atoms with E-state index in [1.807, 2.05) is 35.2 Å². The van der Waals surface area contributed by atoms with Crippen LogP contribution in [-0.4, -0.2) is 30.4 Å². The Kier molecular flexibility index (Phi) is 4.97. The average Bonchev–Trinajstić information content (AvgIpc) is 2.90. The van der Waals surface area contributed by atoms with E-state index >= 15 is 0 Å². The Morgan fingerprint density at radius 3 is 2.79 bits per heavy atom. The van der Waals surface area contributed by atoms with Crippen molar-refractivity contribution in [2.45, 2.75) is 32.1 Å². The van der Waals surface area contributed by atoms with Crippen LogP contribution < -0.4 is 5.73 Å². The Bertz CT molecular complexity index is 404. The highest BCUT2D eigenvalue weighted by molar-refractivity contribution is 5.84. The fourth-order valence-corrected chi connectivity index (χ4v) is 2.96. The van der Waals surface area contributed by atoms with Gasteiger partial charge in [0.1, 0.15) is 0 Å². The maximum absolute atomic E-state index is 12.6. The van der Waals surface area contributed by atoms with Gasteiger partial charge in [-0.1, -0.05) is 43.7 Å². The van der Waals surface area contributed by atoms with Crippen molar-refractivity contribution in [1.29, 1.82) is 0 Å². The largest absolute Gasteiger partial charge is 0.342 e.